The Morgan fingerprint density at radius 3 is 2.63 bits per heavy atom. The number of phosphoric ester groups is 1. The fraction of sp³-hybridized carbons (Fsp3) is 0.333. The van der Waals surface area contributed by atoms with E-state index in [-0.39, 0.29) is 12.2 Å². The molecular formula is C24H27O5P. The van der Waals surface area contributed by atoms with Crippen molar-refractivity contribution in [2.45, 2.75) is 38.4 Å². The summed E-state index contributed by atoms with van der Waals surface area (Å²) in [5.74, 6) is 0.850. The molecule has 30 heavy (non-hydrogen) atoms. The van der Waals surface area contributed by atoms with Crippen LogP contribution in [-0.4, -0.2) is 19.8 Å². The summed E-state index contributed by atoms with van der Waals surface area (Å²) >= 11 is 0. The highest BCUT2D eigenvalue weighted by Crippen LogP contribution is 2.57. The molecule has 0 radical (unpaired) electrons. The molecule has 4 rings (SSSR count). The van der Waals surface area contributed by atoms with Gasteiger partial charge in [-0.25, -0.2) is 4.57 Å². The number of fused-ring (bicyclic) bond motifs is 1. The molecule has 3 aromatic carbocycles. The van der Waals surface area contributed by atoms with E-state index < -0.39 is 7.82 Å². The van der Waals surface area contributed by atoms with Crippen LogP contribution in [0.1, 0.15) is 37.0 Å². The normalized spacial score (nSPS) is 22.7. The zero-order valence-corrected chi connectivity index (χ0v) is 18.2. The summed E-state index contributed by atoms with van der Waals surface area (Å²) in [6, 6.07) is 22.2. The smallest absolute Gasteiger partial charge is 0.475 e. The lowest BCUT2D eigenvalue weighted by Gasteiger charge is -2.30. The first-order chi connectivity index (χ1) is 14.5. The minimum atomic E-state index is -3.57. The topological polar surface area (TPSA) is 54.0 Å². The quantitative estimate of drug-likeness (QED) is 0.405. The summed E-state index contributed by atoms with van der Waals surface area (Å²) in [7, 11) is -1.90. The standard InChI is InChI=1S/C24H27O5P/c1-18(8-9-19-10-11-22-17-23(26-2)13-12-21(22)16-19)28-30(25)27-15-14-24(29-30)20-6-4-3-5-7-20/h3-7,10-13,16-18,24H,8-9,14-15H2,1-2H3. The Hall–Kier alpha value is -2.17. The first-order valence-electron chi connectivity index (χ1n) is 10.3. The van der Waals surface area contributed by atoms with Gasteiger partial charge < -0.3 is 4.74 Å². The van der Waals surface area contributed by atoms with Gasteiger partial charge in [0, 0.05) is 6.42 Å². The molecule has 0 amide bonds. The number of rotatable bonds is 7. The van der Waals surface area contributed by atoms with Crippen LogP contribution in [0.4, 0.5) is 0 Å². The van der Waals surface area contributed by atoms with E-state index in [4.69, 9.17) is 18.3 Å². The zero-order valence-electron chi connectivity index (χ0n) is 17.3. The Labute approximate surface area is 177 Å². The highest BCUT2D eigenvalue weighted by molar-refractivity contribution is 7.48. The molecular weight excluding hydrogens is 399 g/mol. The molecule has 3 aromatic rings. The number of aryl methyl sites for hydroxylation is 1. The van der Waals surface area contributed by atoms with Gasteiger partial charge in [-0.3, -0.25) is 13.6 Å². The molecule has 1 aliphatic rings. The monoisotopic (exact) mass is 426 g/mol. The number of ether oxygens (including phenoxy) is 1. The molecule has 5 nitrogen and oxygen atoms in total. The van der Waals surface area contributed by atoms with Gasteiger partial charge in [-0.2, -0.15) is 0 Å². The predicted molar refractivity (Wildman–Crippen MR) is 118 cm³/mol. The number of benzene rings is 3. The fourth-order valence-electron chi connectivity index (χ4n) is 3.66. The summed E-state index contributed by atoms with van der Waals surface area (Å²) in [4.78, 5) is 0. The van der Waals surface area contributed by atoms with Crippen molar-refractivity contribution in [2.75, 3.05) is 13.7 Å². The third-order valence-electron chi connectivity index (χ3n) is 5.32. The predicted octanol–water partition coefficient (Wildman–Crippen LogP) is 6.47. The fourth-order valence-corrected chi connectivity index (χ4v) is 5.25. The van der Waals surface area contributed by atoms with Crippen molar-refractivity contribution in [2.24, 2.45) is 0 Å². The van der Waals surface area contributed by atoms with E-state index >= 15 is 0 Å². The van der Waals surface area contributed by atoms with E-state index in [9.17, 15) is 4.57 Å². The van der Waals surface area contributed by atoms with E-state index in [1.807, 2.05) is 49.4 Å². The van der Waals surface area contributed by atoms with E-state index in [2.05, 4.69) is 24.3 Å². The van der Waals surface area contributed by atoms with E-state index in [0.29, 0.717) is 19.4 Å². The first kappa shape index (κ1) is 21.1. The minimum Gasteiger partial charge on any atom is -0.497 e. The van der Waals surface area contributed by atoms with Gasteiger partial charge in [-0.15, -0.1) is 0 Å². The van der Waals surface area contributed by atoms with Gasteiger partial charge in [0.15, 0.2) is 0 Å². The molecule has 0 aliphatic carbocycles. The summed E-state index contributed by atoms with van der Waals surface area (Å²) in [6.45, 7) is 2.27. The average molecular weight is 426 g/mol. The second kappa shape index (κ2) is 9.32. The third kappa shape index (κ3) is 5.11. The SMILES string of the molecule is COc1ccc2cc(CCC(C)OP3(=O)OCCC(c4ccccc4)O3)ccc2c1. The van der Waals surface area contributed by atoms with Crippen LogP contribution in [0.15, 0.2) is 66.7 Å². The molecule has 0 aromatic heterocycles. The highest BCUT2D eigenvalue weighted by Gasteiger charge is 2.37. The first-order valence-corrected chi connectivity index (χ1v) is 11.7. The third-order valence-corrected chi connectivity index (χ3v) is 6.95. The van der Waals surface area contributed by atoms with Crippen molar-refractivity contribution in [3.63, 3.8) is 0 Å². The largest absolute Gasteiger partial charge is 0.497 e. The Balaban J connectivity index is 1.35. The molecule has 0 spiro atoms. The van der Waals surface area contributed by atoms with Gasteiger partial charge >= 0.3 is 7.82 Å². The van der Waals surface area contributed by atoms with Crippen molar-refractivity contribution in [3.8, 4) is 5.75 Å². The van der Waals surface area contributed by atoms with Crippen molar-refractivity contribution >= 4 is 18.6 Å². The van der Waals surface area contributed by atoms with Gasteiger partial charge in [-0.05, 0) is 53.8 Å². The maximum atomic E-state index is 13.0. The molecule has 0 saturated carbocycles. The lowest BCUT2D eigenvalue weighted by Crippen LogP contribution is -2.18. The molecule has 3 unspecified atom stereocenters. The molecule has 6 heteroatoms. The van der Waals surface area contributed by atoms with Gasteiger partial charge in [0.2, 0.25) is 0 Å². The Morgan fingerprint density at radius 2 is 1.83 bits per heavy atom. The number of phosphoric acid groups is 1. The molecule has 158 valence electrons. The molecule has 3 atom stereocenters. The van der Waals surface area contributed by atoms with E-state index in [1.54, 1.807) is 7.11 Å². The molecule has 1 aliphatic heterocycles. The van der Waals surface area contributed by atoms with Crippen LogP contribution in [0.3, 0.4) is 0 Å². The average Bonchev–Trinajstić information content (AvgIpc) is 2.77. The van der Waals surface area contributed by atoms with E-state index in [1.165, 1.54) is 10.9 Å². The van der Waals surface area contributed by atoms with Crippen LogP contribution in [-0.2, 0) is 24.6 Å². The van der Waals surface area contributed by atoms with Gasteiger partial charge in [0.05, 0.1) is 25.9 Å². The second-order valence-corrected chi connectivity index (χ2v) is 9.15. The summed E-state index contributed by atoms with van der Waals surface area (Å²) in [5, 5.41) is 2.31. The Morgan fingerprint density at radius 1 is 1.07 bits per heavy atom. The summed E-state index contributed by atoms with van der Waals surface area (Å²) < 4.78 is 35.2. The number of hydrogen-bond acceptors (Lipinski definition) is 5. The molecule has 1 fully saturated rings. The number of hydrogen-bond donors (Lipinski definition) is 0. The van der Waals surface area contributed by atoms with Gasteiger partial charge in [0.1, 0.15) is 5.75 Å². The molecule has 0 bridgehead atoms. The maximum absolute atomic E-state index is 13.0. The molecule has 0 N–H and O–H groups in total. The summed E-state index contributed by atoms with van der Waals surface area (Å²) in [6.07, 6.45) is 1.67. The lowest BCUT2D eigenvalue weighted by molar-refractivity contribution is 0.0128. The van der Waals surface area contributed by atoms with E-state index in [0.717, 1.165) is 23.1 Å². The minimum absolute atomic E-state index is 0.253. The molecule has 1 saturated heterocycles. The summed E-state index contributed by atoms with van der Waals surface area (Å²) in [5.41, 5.74) is 2.19. The van der Waals surface area contributed by atoms with Crippen LogP contribution in [0.25, 0.3) is 10.8 Å². The lowest BCUT2D eigenvalue weighted by atomic mass is 10.0. The number of methoxy groups -OCH3 is 1. The van der Waals surface area contributed by atoms with Crippen molar-refractivity contribution < 1.29 is 22.9 Å². The molecule has 1 heterocycles. The Bertz CT molecular complexity index is 1040. The van der Waals surface area contributed by atoms with Crippen LogP contribution >= 0.6 is 7.82 Å². The maximum Gasteiger partial charge on any atom is 0.475 e. The van der Waals surface area contributed by atoms with Crippen molar-refractivity contribution in [1.29, 1.82) is 0 Å². The second-order valence-electron chi connectivity index (χ2n) is 7.58. The van der Waals surface area contributed by atoms with Crippen LogP contribution in [0.2, 0.25) is 0 Å². The van der Waals surface area contributed by atoms with Crippen molar-refractivity contribution in [1.82, 2.24) is 0 Å². The zero-order chi connectivity index (χ0) is 21.0. The van der Waals surface area contributed by atoms with Crippen LogP contribution < -0.4 is 4.74 Å². The van der Waals surface area contributed by atoms with Crippen LogP contribution in [0, 0.1) is 0 Å². The van der Waals surface area contributed by atoms with Crippen molar-refractivity contribution in [3.05, 3.63) is 77.9 Å². The Kier molecular flexibility index (Phi) is 6.55. The van der Waals surface area contributed by atoms with Gasteiger partial charge in [0.25, 0.3) is 0 Å². The van der Waals surface area contributed by atoms with Gasteiger partial charge in [-0.1, -0.05) is 54.6 Å². The van der Waals surface area contributed by atoms with Crippen LogP contribution in [0.5, 0.6) is 5.75 Å². The highest BCUT2D eigenvalue weighted by atomic mass is 31.2.